The maximum atomic E-state index is 13.1. The largest absolute Gasteiger partial charge is 0.320 e. The van der Waals surface area contributed by atoms with E-state index in [4.69, 9.17) is 11.6 Å². The Bertz CT molecular complexity index is 881. The Kier molecular flexibility index (Phi) is 4.45. The molecule has 0 saturated carbocycles. The number of rotatable bonds is 3. The van der Waals surface area contributed by atoms with Gasteiger partial charge in [-0.15, -0.1) is 0 Å². The van der Waals surface area contributed by atoms with Gasteiger partial charge in [-0.05, 0) is 52.3 Å². The molecule has 3 rings (SSSR count). The van der Waals surface area contributed by atoms with Crippen LogP contribution in [0.1, 0.15) is 10.5 Å². The number of aromatic nitrogens is 2. The second-order valence-corrected chi connectivity index (χ2v) is 6.05. The Morgan fingerprint density at radius 3 is 2.78 bits per heavy atom. The molecule has 2 N–H and O–H groups in total. The highest BCUT2D eigenvalue weighted by atomic mass is 79.9. The molecular formula is C16H10BrClFN3O. The first-order valence-corrected chi connectivity index (χ1v) is 7.78. The molecule has 7 heteroatoms. The van der Waals surface area contributed by atoms with Crippen LogP contribution in [0.4, 0.5) is 10.1 Å². The summed E-state index contributed by atoms with van der Waals surface area (Å²) in [5.74, 6) is -0.766. The van der Waals surface area contributed by atoms with E-state index in [2.05, 4.69) is 31.4 Å². The molecule has 0 aliphatic carbocycles. The molecule has 0 fully saturated rings. The highest BCUT2D eigenvalue weighted by Crippen LogP contribution is 2.25. The van der Waals surface area contributed by atoms with E-state index < -0.39 is 0 Å². The number of aromatic amines is 1. The standard InChI is InChI=1S/C16H10BrClFN3O/c17-12-7-11(19)4-5-13(12)20-16(23)15-8-14(21-22-15)9-2-1-3-10(18)6-9/h1-8H,(H,20,23)(H,21,22). The maximum Gasteiger partial charge on any atom is 0.273 e. The minimum atomic E-state index is -0.389. The van der Waals surface area contributed by atoms with Crippen LogP contribution < -0.4 is 5.32 Å². The van der Waals surface area contributed by atoms with Crippen LogP contribution in [-0.2, 0) is 0 Å². The van der Waals surface area contributed by atoms with Gasteiger partial charge in [-0.25, -0.2) is 4.39 Å². The molecule has 0 spiro atoms. The van der Waals surface area contributed by atoms with Crippen LogP contribution >= 0.6 is 27.5 Å². The van der Waals surface area contributed by atoms with Crippen molar-refractivity contribution in [3.05, 3.63) is 69.5 Å². The van der Waals surface area contributed by atoms with E-state index in [9.17, 15) is 9.18 Å². The summed E-state index contributed by atoms with van der Waals surface area (Å²) in [6.07, 6.45) is 0. The Morgan fingerprint density at radius 2 is 2.04 bits per heavy atom. The van der Waals surface area contributed by atoms with E-state index in [0.29, 0.717) is 20.9 Å². The van der Waals surface area contributed by atoms with Crippen molar-refractivity contribution in [2.24, 2.45) is 0 Å². The molecule has 23 heavy (non-hydrogen) atoms. The average molecular weight is 395 g/mol. The molecular weight excluding hydrogens is 385 g/mol. The summed E-state index contributed by atoms with van der Waals surface area (Å²) in [7, 11) is 0. The molecule has 3 aromatic rings. The fraction of sp³-hybridized carbons (Fsp3) is 0. The number of nitrogens with zero attached hydrogens (tertiary/aromatic N) is 1. The van der Waals surface area contributed by atoms with Gasteiger partial charge in [-0.2, -0.15) is 5.10 Å². The fourth-order valence-electron chi connectivity index (χ4n) is 2.01. The number of nitrogens with one attached hydrogen (secondary N) is 2. The minimum absolute atomic E-state index is 0.288. The molecule has 1 amide bonds. The van der Waals surface area contributed by atoms with E-state index in [-0.39, 0.29) is 17.4 Å². The molecule has 0 aliphatic rings. The zero-order chi connectivity index (χ0) is 16.4. The van der Waals surface area contributed by atoms with Crippen LogP contribution in [0.3, 0.4) is 0 Å². The highest BCUT2D eigenvalue weighted by molar-refractivity contribution is 9.10. The molecule has 1 heterocycles. The molecule has 2 aromatic carbocycles. The Hall–Kier alpha value is -2.18. The number of carbonyl (C=O) groups excluding carboxylic acids is 1. The highest BCUT2D eigenvalue weighted by Gasteiger charge is 2.13. The number of carbonyl (C=O) groups is 1. The summed E-state index contributed by atoms with van der Waals surface area (Å²) >= 11 is 9.15. The second-order valence-electron chi connectivity index (χ2n) is 4.76. The molecule has 0 bridgehead atoms. The zero-order valence-electron chi connectivity index (χ0n) is 11.6. The quantitative estimate of drug-likeness (QED) is 0.665. The van der Waals surface area contributed by atoms with Gasteiger partial charge < -0.3 is 5.32 Å². The van der Waals surface area contributed by atoms with Crippen molar-refractivity contribution in [3.63, 3.8) is 0 Å². The van der Waals surface area contributed by atoms with Gasteiger partial charge in [0, 0.05) is 15.1 Å². The summed E-state index contributed by atoms with van der Waals surface area (Å²) in [5.41, 5.74) is 2.16. The lowest BCUT2D eigenvalue weighted by molar-refractivity contribution is 0.102. The molecule has 4 nitrogen and oxygen atoms in total. The van der Waals surface area contributed by atoms with Crippen LogP contribution in [0.25, 0.3) is 11.3 Å². The van der Waals surface area contributed by atoms with E-state index >= 15 is 0 Å². The number of hydrogen-bond acceptors (Lipinski definition) is 2. The lowest BCUT2D eigenvalue weighted by atomic mass is 10.1. The van der Waals surface area contributed by atoms with Gasteiger partial charge in [0.05, 0.1) is 11.4 Å². The van der Waals surface area contributed by atoms with Crippen molar-refractivity contribution in [1.82, 2.24) is 10.2 Å². The Balaban J connectivity index is 1.81. The van der Waals surface area contributed by atoms with Crippen LogP contribution in [0.2, 0.25) is 5.02 Å². The molecule has 0 aliphatic heterocycles. The van der Waals surface area contributed by atoms with Gasteiger partial charge in [0.15, 0.2) is 0 Å². The Labute approximate surface area is 144 Å². The normalized spacial score (nSPS) is 10.6. The number of H-pyrrole nitrogens is 1. The number of benzene rings is 2. The fourth-order valence-corrected chi connectivity index (χ4v) is 2.65. The van der Waals surface area contributed by atoms with Crippen molar-refractivity contribution < 1.29 is 9.18 Å². The first-order valence-electron chi connectivity index (χ1n) is 6.61. The molecule has 116 valence electrons. The molecule has 0 radical (unpaired) electrons. The number of halogens is 3. The average Bonchev–Trinajstić information content (AvgIpc) is 3.00. The topological polar surface area (TPSA) is 57.8 Å². The predicted octanol–water partition coefficient (Wildman–Crippen LogP) is 4.88. The van der Waals surface area contributed by atoms with Gasteiger partial charge in [-0.1, -0.05) is 23.7 Å². The van der Waals surface area contributed by atoms with Crippen molar-refractivity contribution in [3.8, 4) is 11.3 Å². The number of amides is 1. The lowest BCUT2D eigenvalue weighted by Crippen LogP contribution is -2.12. The molecule has 0 saturated heterocycles. The lowest BCUT2D eigenvalue weighted by Gasteiger charge is -2.05. The van der Waals surface area contributed by atoms with Crippen LogP contribution in [0.15, 0.2) is 53.0 Å². The van der Waals surface area contributed by atoms with E-state index in [1.807, 2.05) is 12.1 Å². The van der Waals surface area contributed by atoms with E-state index in [1.165, 1.54) is 18.2 Å². The van der Waals surface area contributed by atoms with Crippen LogP contribution in [0.5, 0.6) is 0 Å². The van der Waals surface area contributed by atoms with Crippen molar-refractivity contribution in [2.45, 2.75) is 0 Å². The third-order valence-corrected chi connectivity index (χ3v) is 4.01. The van der Waals surface area contributed by atoms with Crippen molar-refractivity contribution in [1.29, 1.82) is 0 Å². The maximum absolute atomic E-state index is 13.1. The molecule has 0 atom stereocenters. The minimum Gasteiger partial charge on any atom is -0.320 e. The zero-order valence-corrected chi connectivity index (χ0v) is 14.0. The monoisotopic (exact) mass is 393 g/mol. The summed E-state index contributed by atoms with van der Waals surface area (Å²) in [6.45, 7) is 0. The van der Waals surface area contributed by atoms with Gasteiger partial charge >= 0.3 is 0 Å². The van der Waals surface area contributed by atoms with E-state index in [0.717, 1.165) is 5.56 Å². The third kappa shape index (κ3) is 3.60. The first kappa shape index (κ1) is 15.7. The smallest absolute Gasteiger partial charge is 0.273 e. The van der Waals surface area contributed by atoms with E-state index in [1.54, 1.807) is 18.2 Å². The summed E-state index contributed by atoms with van der Waals surface area (Å²) in [5, 5.41) is 10.1. The van der Waals surface area contributed by atoms with Gasteiger partial charge in [0.2, 0.25) is 0 Å². The number of hydrogen-bond donors (Lipinski definition) is 2. The van der Waals surface area contributed by atoms with Crippen LogP contribution in [0, 0.1) is 5.82 Å². The van der Waals surface area contributed by atoms with Crippen molar-refractivity contribution >= 4 is 39.1 Å². The second kappa shape index (κ2) is 6.52. The number of anilines is 1. The SMILES string of the molecule is O=C(Nc1ccc(F)cc1Br)c1cc(-c2cccc(Cl)c2)n[nH]1. The summed E-state index contributed by atoms with van der Waals surface area (Å²) in [4.78, 5) is 12.2. The van der Waals surface area contributed by atoms with Crippen LogP contribution in [-0.4, -0.2) is 16.1 Å². The van der Waals surface area contributed by atoms with Gasteiger partial charge in [-0.3, -0.25) is 9.89 Å². The van der Waals surface area contributed by atoms with Gasteiger partial charge in [0.1, 0.15) is 11.5 Å². The summed E-state index contributed by atoms with van der Waals surface area (Å²) < 4.78 is 13.5. The van der Waals surface area contributed by atoms with Crippen molar-refractivity contribution in [2.75, 3.05) is 5.32 Å². The molecule has 0 unspecified atom stereocenters. The first-order chi connectivity index (χ1) is 11.0. The predicted molar refractivity (Wildman–Crippen MR) is 91.1 cm³/mol. The third-order valence-electron chi connectivity index (χ3n) is 3.12. The summed E-state index contributed by atoms with van der Waals surface area (Å²) in [6, 6.07) is 12.8. The molecule has 1 aromatic heterocycles. The van der Waals surface area contributed by atoms with Gasteiger partial charge in [0.25, 0.3) is 5.91 Å². The Morgan fingerprint density at radius 1 is 1.22 bits per heavy atom.